The zero-order valence-electron chi connectivity index (χ0n) is 5.28. The molecule has 0 saturated heterocycles. The molecule has 4 nitrogen and oxygen atoms in total. The van der Waals surface area contributed by atoms with Crippen LogP contribution in [-0.2, 0) is 9.05 Å². The van der Waals surface area contributed by atoms with Gasteiger partial charge in [-0.05, 0) is 0 Å². The Morgan fingerprint density at radius 3 is 1.89 bits per heavy atom. The molecule has 9 heavy (non-hydrogen) atoms. The smallest absolute Gasteiger partial charge is 0.174 e. The molecule has 0 rings (SSSR count). The first-order valence-electron chi connectivity index (χ1n) is 2.60. The molecule has 5 heteroatoms. The van der Waals surface area contributed by atoms with Crippen molar-refractivity contribution in [3.05, 3.63) is 0 Å². The number of hydrogen-bond acceptors (Lipinski definition) is 4. The highest BCUT2D eigenvalue weighted by Crippen LogP contribution is 2.36. The molecule has 0 radical (unpaired) electrons. The van der Waals surface area contributed by atoms with Gasteiger partial charge >= 0.3 is 0 Å². The van der Waals surface area contributed by atoms with E-state index in [0.29, 0.717) is 6.16 Å². The van der Waals surface area contributed by atoms with E-state index in [1.807, 2.05) is 6.92 Å². The van der Waals surface area contributed by atoms with Gasteiger partial charge in [-0.25, -0.2) is 0 Å². The van der Waals surface area contributed by atoms with E-state index in [1.165, 1.54) is 0 Å². The van der Waals surface area contributed by atoms with E-state index in [2.05, 4.69) is 9.05 Å². The first kappa shape index (κ1) is 9.27. The maximum atomic E-state index is 8.23. The lowest BCUT2D eigenvalue weighted by molar-refractivity contribution is 0.0577. The van der Waals surface area contributed by atoms with Gasteiger partial charge in [0.15, 0.2) is 8.38 Å². The zero-order valence-corrected chi connectivity index (χ0v) is 6.17. The molecular weight excluding hydrogens is 143 g/mol. The van der Waals surface area contributed by atoms with Gasteiger partial charge in [-0.15, -0.1) is 0 Å². The molecule has 0 aromatic carbocycles. The van der Waals surface area contributed by atoms with E-state index in [9.17, 15) is 0 Å². The minimum atomic E-state index is -1.06. The largest absolute Gasteiger partial charge is 0.370 e. The minimum absolute atomic E-state index is 0.348. The van der Waals surface area contributed by atoms with Crippen LogP contribution in [0.1, 0.15) is 6.92 Å². The molecule has 0 aromatic heterocycles. The molecule has 0 amide bonds. The van der Waals surface area contributed by atoms with Crippen LogP contribution in [0.15, 0.2) is 0 Å². The van der Waals surface area contributed by atoms with Crippen LogP contribution in [0, 0.1) is 0 Å². The SMILES string of the molecule is CCP(OCO)OCO. The molecule has 0 spiro atoms. The molecule has 0 bridgehead atoms. The lowest BCUT2D eigenvalue weighted by atomic mass is 11.0. The standard InChI is InChI=1S/C4H11O4P/c1-2-9(7-3-5)8-4-6/h5-6H,2-4H2,1H3. The lowest BCUT2D eigenvalue weighted by Gasteiger charge is -2.10. The molecule has 0 saturated carbocycles. The number of aliphatic hydroxyl groups excluding tert-OH is 2. The number of aliphatic hydroxyl groups is 2. The van der Waals surface area contributed by atoms with Gasteiger partial charge in [0.2, 0.25) is 0 Å². The second-order valence-electron chi connectivity index (χ2n) is 1.17. The number of rotatable bonds is 5. The molecule has 0 atom stereocenters. The highest BCUT2D eigenvalue weighted by atomic mass is 31.2. The van der Waals surface area contributed by atoms with Crippen molar-refractivity contribution >= 4 is 8.38 Å². The molecule has 0 aliphatic heterocycles. The van der Waals surface area contributed by atoms with E-state index in [-0.39, 0.29) is 13.6 Å². The Bertz CT molecular complexity index is 54.5. The van der Waals surface area contributed by atoms with Crippen molar-refractivity contribution in [2.75, 3.05) is 19.7 Å². The van der Waals surface area contributed by atoms with Crippen molar-refractivity contribution in [3.63, 3.8) is 0 Å². The molecular formula is C4H11O4P. The topological polar surface area (TPSA) is 58.9 Å². The molecule has 0 aliphatic carbocycles. The predicted octanol–water partition coefficient (Wildman–Crippen LogP) is 0.251. The second-order valence-corrected chi connectivity index (χ2v) is 2.98. The van der Waals surface area contributed by atoms with E-state index < -0.39 is 8.38 Å². The van der Waals surface area contributed by atoms with Crippen molar-refractivity contribution in [1.29, 1.82) is 0 Å². The van der Waals surface area contributed by atoms with Crippen LogP contribution in [-0.4, -0.2) is 30.0 Å². The van der Waals surface area contributed by atoms with Crippen LogP contribution in [0.3, 0.4) is 0 Å². The summed E-state index contributed by atoms with van der Waals surface area (Å²) < 4.78 is 9.34. The fourth-order valence-corrected chi connectivity index (χ4v) is 1.05. The van der Waals surface area contributed by atoms with Gasteiger partial charge in [-0.2, -0.15) is 0 Å². The summed E-state index contributed by atoms with van der Waals surface area (Å²) >= 11 is 0. The summed E-state index contributed by atoms with van der Waals surface area (Å²) in [6.07, 6.45) is 0.677. The van der Waals surface area contributed by atoms with Crippen LogP contribution in [0.25, 0.3) is 0 Å². The zero-order chi connectivity index (χ0) is 7.11. The van der Waals surface area contributed by atoms with Gasteiger partial charge < -0.3 is 19.3 Å². The van der Waals surface area contributed by atoms with Gasteiger partial charge in [0.1, 0.15) is 13.6 Å². The van der Waals surface area contributed by atoms with Crippen LogP contribution in [0.4, 0.5) is 0 Å². The van der Waals surface area contributed by atoms with Crippen LogP contribution >= 0.6 is 8.38 Å². The van der Waals surface area contributed by atoms with Gasteiger partial charge in [-0.1, -0.05) is 6.92 Å². The Morgan fingerprint density at radius 2 is 1.67 bits per heavy atom. The van der Waals surface area contributed by atoms with Crippen LogP contribution < -0.4 is 0 Å². The van der Waals surface area contributed by atoms with E-state index >= 15 is 0 Å². The third-order valence-electron chi connectivity index (χ3n) is 0.662. The minimum Gasteiger partial charge on any atom is -0.370 e. The molecule has 2 N–H and O–H groups in total. The second kappa shape index (κ2) is 6.39. The Kier molecular flexibility index (Phi) is 6.58. The van der Waals surface area contributed by atoms with E-state index in [4.69, 9.17) is 10.2 Å². The third kappa shape index (κ3) is 4.75. The summed E-state index contributed by atoms with van der Waals surface area (Å²) in [6.45, 7) is 1.16. The van der Waals surface area contributed by atoms with E-state index in [0.717, 1.165) is 0 Å². The molecule has 0 aliphatic rings. The fourth-order valence-electron chi connectivity index (χ4n) is 0.349. The summed E-state index contributed by atoms with van der Waals surface area (Å²) in [5, 5.41) is 16.5. The summed E-state index contributed by atoms with van der Waals surface area (Å²) in [4.78, 5) is 0. The van der Waals surface area contributed by atoms with Gasteiger partial charge in [0.25, 0.3) is 0 Å². The Hall–Kier alpha value is 0.270. The third-order valence-corrected chi connectivity index (χ3v) is 1.98. The maximum absolute atomic E-state index is 8.23. The average Bonchev–Trinajstić information content (AvgIpc) is 1.88. The van der Waals surface area contributed by atoms with Crippen LogP contribution in [0.2, 0.25) is 0 Å². The quantitative estimate of drug-likeness (QED) is 0.440. The summed E-state index contributed by atoms with van der Waals surface area (Å²) in [5.41, 5.74) is 0. The fraction of sp³-hybridized carbons (Fsp3) is 1.00. The summed E-state index contributed by atoms with van der Waals surface area (Å²) in [6, 6.07) is 0. The van der Waals surface area contributed by atoms with Gasteiger partial charge in [-0.3, -0.25) is 0 Å². The normalized spacial score (nSPS) is 10.7. The predicted molar refractivity (Wildman–Crippen MR) is 33.8 cm³/mol. The Labute approximate surface area is 55.3 Å². The highest BCUT2D eigenvalue weighted by Gasteiger charge is 2.04. The Balaban J connectivity index is 3.18. The van der Waals surface area contributed by atoms with Crippen molar-refractivity contribution in [2.24, 2.45) is 0 Å². The van der Waals surface area contributed by atoms with E-state index in [1.54, 1.807) is 0 Å². The van der Waals surface area contributed by atoms with Gasteiger partial charge in [0.05, 0.1) is 0 Å². The van der Waals surface area contributed by atoms with Crippen LogP contribution in [0.5, 0.6) is 0 Å². The lowest BCUT2D eigenvalue weighted by Crippen LogP contribution is -1.94. The molecule has 0 heterocycles. The summed E-state index contributed by atoms with van der Waals surface area (Å²) in [7, 11) is -1.06. The maximum Gasteiger partial charge on any atom is 0.174 e. The molecule has 0 fully saturated rings. The van der Waals surface area contributed by atoms with Gasteiger partial charge in [0, 0.05) is 6.16 Å². The number of hydrogen-bond donors (Lipinski definition) is 2. The van der Waals surface area contributed by atoms with Crippen molar-refractivity contribution in [3.8, 4) is 0 Å². The molecule has 0 unspecified atom stereocenters. The molecule has 0 aromatic rings. The molecule has 56 valence electrons. The monoisotopic (exact) mass is 154 g/mol. The summed E-state index contributed by atoms with van der Waals surface area (Å²) in [5.74, 6) is 0. The average molecular weight is 154 g/mol. The van der Waals surface area contributed by atoms with Crippen molar-refractivity contribution in [2.45, 2.75) is 6.92 Å². The first-order valence-corrected chi connectivity index (χ1v) is 3.96. The van der Waals surface area contributed by atoms with Crippen molar-refractivity contribution < 1.29 is 19.3 Å². The highest BCUT2D eigenvalue weighted by molar-refractivity contribution is 7.47. The first-order chi connectivity index (χ1) is 4.35. The Morgan fingerprint density at radius 1 is 1.22 bits per heavy atom. The van der Waals surface area contributed by atoms with Crippen molar-refractivity contribution in [1.82, 2.24) is 0 Å².